The Morgan fingerprint density at radius 3 is 3.00 bits per heavy atom. The Kier molecular flexibility index (Phi) is 6.15. The third-order valence-corrected chi connectivity index (χ3v) is 2.71. The molecule has 1 unspecified atom stereocenters. The van der Waals surface area contributed by atoms with Gasteiger partial charge in [-0.25, -0.2) is 0 Å². The molecule has 1 atom stereocenters. The van der Waals surface area contributed by atoms with Gasteiger partial charge in [0.2, 0.25) is 0 Å². The molecule has 1 heterocycles. The summed E-state index contributed by atoms with van der Waals surface area (Å²) in [6, 6.07) is 0. The van der Waals surface area contributed by atoms with Crippen molar-refractivity contribution in [1.82, 2.24) is 10.6 Å². The molecule has 0 aliphatic carbocycles. The number of nitrogens with one attached hydrogen (secondary N) is 2. The van der Waals surface area contributed by atoms with Crippen LogP contribution in [-0.2, 0) is 0 Å². The van der Waals surface area contributed by atoms with Crippen LogP contribution in [0.4, 0.5) is 0 Å². The molecule has 13 heavy (non-hydrogen) atoms. The SMILES string of the molecule is OCCNCCC1CCCNCC1. The second-order valence-corrected chi connectivity index (χ2v) is 3.81. The molecule has 78 valence electrons. The highest BCUT2D eigenvalue weighted by atomic mass is 16.3. The van der Waals surface area contributed by atoms with Gasteiger partial charge in [0, 0.05) is 6.54 Å². The lowest BCUT2D eigenvalue weighted by Crippen LogP contribution is -2.22. The molecule has 0 saturated carbocycles. The summed E-state index contributed by atoms with van der Waals surface area (Å²) >= 11 is 0. The topological polar surface area (TPSA) is 44.3 Å². The summed E-state index contributed by atoms with van der Waals surface area (Å²) in [6.07, 6.45) is 5.28. The van der Waals surface area contributed by atoms with Gasteiger partial charge < -0.3 is 15.7 Å². The average Bonchev–Trinajstić information content (AvgIpc) is 2.41. The number of aliphatic hydroxyl groups is 1. The van der Waals surface area contributed by atoms with E-state index in [1.807, 2.05) is 0 Å². The van der Waals surface area contributed by atoms with Crippen molar-refractivity contribution >= 4 is 0 Å². The van der Waals surface area contributed by atoms with Gasteiger partial charge in [-0.2, -0.15) is 0 Å². The number of hydrogen-bond donors (Lipinski definition) is 3. The van der Waals surface area contributed by atoms with Crippen molar-refractivity contribution in [1.29, 1.82) is 0 Å². The van der Waals surface area contributed by atoms with Crippen LogP contribution in [0.1, 0.15) is 25.7 Å². The summed E-state index contributed by atoms with van der Waals surface area (Å²) in [6.45, 7) is 4.44. The van der Waals surface area contributed by atoms with E-state index in [1.54, 1.807) is 0 Å². The monoisotopic (exact) mass is 186 g/mol. The van der Waals surface area contributed by atoms with Gasteiger partial charge in [0.05, 0.1) is 6.61 Å². The van der Waals surface area contributed by atoms with E-state index in [2.05, 4.69) is 10.6 Å². The Hall–Kier alpha value is -0.120. The maximum atomic E-state index is 8.58. The van der Waals surface area contributed by atoms with E-state index in [1.165, 1.54) is 38.8 Å². The predicted molar refractivity (Wildman–Crippen MR) is 54.8 cm³/mol. The second-order valence-electron chi connectivity index (χ2n) is 3.81. The molecule has 1 rings (SSSR count). The highest BCUT2D eigenvalue weighted by Gasteiger charge is 2.10. The normalized spacial score (nSPS) is 24.2. The molecule has 3 nitrogen and oxygen atoms in total. The zero-order chi connectivity index (χ0) is 9.36. The number of aliphatic hydroxyl groups excluding tert-OH is 1. The summed E-state index contributed by atoms with van der Waals surface area (Å²) in [5.41, 5.74) is 0. The van der Waals surface area contributed by atoms with Gasteiger partial charge in [-0.3, -0.25) is 0 Å². The summed E-state index contributed by atoms with van der Waals surface area (Å²) in [5, 5.41) is 15.2. The first-order valence-electron chi connectivity index (χ1n) is 5.46. The molecule has 0 radical (unpaired) electrons. The van der Waals surface area contributed by atoms with E-state index in [4.69, 9.17) is 5.11 Å². The molecule has 0 aromatic rings. The van der Waals surface area contributed by atoms with Gasteiger partial charge in [0.25, 0.3) is 0 Å². The largest absolute Gasteiger partial charge is 0.395 e. The van der Waals surface area contributed by atoms with E-state index in [9.17, 15) is 0 Å². The van der Waals surface area contributed by atoms with Crippen molar-refractivity contribution in [2.24, 2.45) is 5.92 Å². The summed E-state index contributed by atoms with van der Waals surface area (Å²) in [5.74, 6) is 0.890. The van der Waals surface area contributed by atoms with Crippen molar-refractivity contribution in [2.45, 2.75) is 25.7 Å². The number of hydrogen-bond acceptors (Lipinski definition) is 3. The lowest BCUT2D eigenvalue weighted by Gasteiger charge is -2.13. The van der Waals surface area contributed by atoms with Crippen molar-refractivity contribution in [3.8, 4) is 0 Å². The highest BCUT2D eigenvalue weighted by molar-refractivity contribution is 4.67. The van der Waals surface area contributed by atoms with Crippen molar-refractivity contribution < 1.29 is 5.11 Å². The summed E-state index contributed by atoms with van der Waals surface area (Å²) in [7, 11) is 0. The van der Waals surface area contributed by atoms with E-state index in [-0.39, 0.29) is 6.61 Å². The standard InChI is InChI=1S/C10H22N2O/c13-9-8-12-7-4-10-2-1-5-11-6-3-10/h10-13H,1-9H2. The van der Waals surface area contributed by atoms with Crippen LogP contribution in [0.5, 0.6) is 0 Å². The van der Waals surface area contributed by atoms with Crippen molar-refractivity contribution in [3.63, 3.8) is 0 Å². The Bertz CT molecular complexity index is 111. The van der Waals surface area contributed by atoms with Gasteiger partial charge in [-0.1, -0.05) is 0 Å². The molecule has 0 aromatic carbocycles. The van der Waals surface area contributed by atoms with E-state index < -0.39 is 0 Å². The van der Waals surface area contributed by atoms with Gasteiger partial charge in [-0.05, 0) is 51.2 Å². The van der Waals surface area contributed by atoms with Crippen molar-refractivity contribution in [2.75, 3.05) is 32.8 Å². The molecule has 1 aliphatic rings. The van der Waals surface area contributed by atoms with Crippen LogP contribution < -0.4 is 10.6 Å². The minimum Gasteiger partial charge on any atom is -0.395 e. The molecule has 0 spiro atoms. The first kappa shape index (κ1) is 11.0. The van der Waals surface area contributed by atoms with E-state index >= 15 is 0 Å². The van der Waals surface area contributed by atoms with Gasteiger partial charge >= 0.3 is 0 Å². The van der Waals surface area contributed by atoms with Crippen LogP contribution in [-0.4, -0.2) is 37.9 Å². The molecular weight excluding hydrogens is 164 g/mol. The minimum absolute atomic E-state index is 0.256. The Labute approximate surface area is 80.9 Å². The third kappa shape index (κ3) is 5.24. The van der Waals surface area contributed by atoms with Crippen LogP contribution in [0.25, 0.3) is 0 Å². The van der Waals surface area contributed by atoms with Crippen LogP contribution >= 0.6 is 0 Å². The average molecular weight is 186 g/mol. The molecule has 0 aromatic heterocycles. The van der Waals surface area contributed by atoms with Crippen molar-refractivity contribution in [3.05, 3.63) is 0 Å². The Balaban J connectivity index is 1.98. The maximum Gasteiger partial charge on any atom is 0.0555 e. The fourth-order valence-electron chi connectivity index (χ4n) is 1.89. The lowest BCUT2D eigenvalue weighted by atomic mass is 9.97. The quantitative estimate of drug-likeness (QED) is 0.543. The molecule has 1 saturated heterocycles. The zero-order valence-corrected chi connectivity index (χ0v) is 8.39. The Morgan fingerprint density at radius 1 is 1.23 bits per heavy atom. The van der Waals surface area contributed by atoms with Crippen LogP contribution in [0.2, 0.25) is 0 Å². The van der Waals surface area contributed by atoms with Gasteiger partial charge in [0.1, 0.15) is 0 Å². The smallest absolute Gasteiger partial charge is 0.0555 e. The second kappa shape index (κ2) is 7.30. The molecule has 3 heteroatoms. The molecule has 1 aliphatic heterocycles. The first-order chi connectivity index (χ1) is 6.43. The van der Waals surface area contributed by atoms with E-state index in [0.717, 1.165) is 19.0 Å². The van der Waals surface area contributed by atoms with Crippen LogP contribution in [0.3, 0.4) is 0 Å². The molecule has 0 bridgehead atoms. The zero-order valence-electron chi connectivity index (χ0n) is 8.39. The number of rotatable bonds is 5. The molecular formula is C10H22N2O. The molecule has 3 N–H and O–H groups in total. The predicted octanol–water partition coefficient (Wildman–Crippen LogP) is 0.348. The first-order valence-corrected chi connectivity index (χ1v) is 5.46. The fraction of sp³-hybridized carbons (Fsp3) is 1.00. The third-order valence-electron chi connectivity index (χ3n) is 2.71. The molecule has 0 amide bonds. The summed E-state index contributed by atoms with van der Waals surface area (Å²) < 4.78 is 0. The molecule has 1 fully saturated rings. The lowest BCUT2D eigenvalue weighted by molar-refractivity contribution is 0.289. The summed E-state index contributed by atoms with van der Waals surface area (Å²) in [4.78, 5) is 0. The van der Waals surface area contributed by atoms with E-state index in [0.29, 0.717) is 0 Å². The maximum absolute atomic E-state index is 8.58. The van der Waals surface area contributed by atoms with Gasteiger partial charge in [0.15, 0.2) is 0 Å². The van der Waals surface area contributed by atoms with Crippen LogP contribution in [0.15, 0.2) is 0 Å². The van der Waals surface area contributed by atoms with Crippen LogP contribution in [0, 0.1) is 5.92 Å². The Morgan fingerprint density at radius 2 is 2.15 bits per heavy atom. The highest BCUT2D eigenvalue weighted by Crippen LogP contribution is 2.16. The fourth-order valence-corrected chi connectivity index (χ4v) is 1.89. The minimum atomic E-state index is 0.256. The van der Waals surface area contributed by atoms with Gasteiger partial charge in [-0.15, -0.1) is 0 Å².